The molecule has 1 aromatic carbocycles. The van der Waals surface area contributed by atoms with Crippen molar-refractivity contribution < 1.29 is 0 Å². The van der Waals surface area contributed by atoms with Gasteiger partial charge in [0.15, 0.2) is 0 Å². The highest BCUT2D eigenvalue weighted by Gasteiger charge is 2.26. The minimum atomic E-state index is 0.621. The molecule has 0 radical (unpaired) electrons. The Balaban J connectivity index is 1.33. The van der Waals surface area contributed by atoms with Gasteiger partial charge in [0.05, 0.1) is 0 Å². The van der Waals surface area contributed by atoms with Crippen LogP contribution < -0.4 is 15.1 Å². The molecule has 0 atom stereocenters. The second-order valence-corrected chi connectivity index (χ2v) is 8.19. The fourth-order valence-electron chi connectivity index (χ4n) is 4.74. The summed E-state index contributed by atoms with van der Waals surface area (Å²) >= 11 is 0. The lowest BCUT2D eigenvalue weighted by atomic mass is 10.1. The number of piperidine rings is 1. The maximum atomic E-state index is 4.89. The van der Waals surface area contributed by atoms with Crippen molar-refractivity contribution in [3.8, 4) is 0 Å². The molecule has 5 heteroatoms. The van der Waals surface area contributed by atoms with Crippen LogP contribution in [0.2, 0.25) is 0 Å². The Labute approximate surface area is 167 Å². The number of fused-ring (bicyclic) bond motifs is 1. The van der Waals surface area contributed by atoms with Gasteiger partial charge in [-0.15, -0.1) is 0 Å². The Morgan fingerprint density at radius 2 is 1.71 bits per heavy atom. The van der Waals surface area contributed by atoms with E-state index in [1.54, 1.807) is 0 Å². The third-order valence-corrected chi connectivity index (χ3v) is 6.28. The molecule has 1 N–H and O–H groups in total. The molecule has 5 rings (SSSR count). The Kier molecular flexibility index (Phi) is 4.90. The van der Waals surface area contributed by atoms with E-state index in [0.717, 1.165) is 23.6 Å². The van der Waals surface area contributed by atoms with E-state index in [1.807, 2.05) is 6.20 Å². The van der Waals surface area contributed by atoms with Crippen LogP contribution in [0.5, 0.6) is 0 Å². The summed E-state index contributed by atoms with van der Waals surface area (Å²) < 4.78 is 0. The number of hydrogen-bond acceptors (Lipinski definition) is 5. The molecular formula is C23H29N5. The molecule has 146 valence electrons. The summed E-state index contributed by atoms with van der Waals surface area (Å²) in [5, 5.41) is 3.40. The van der Waals surface area contributed by atoms with E-state index in [-0.39, 0.29) is 0 Å². The molecule has 3 heterocycles. The predicted octanol–water partition coefficient (Wildman–Crippen LogP) is 4.99. The molecule has 28 heavy (non-hydrogen) atoms. The molecule has 2 fully saturated rings. The number of aromatic nitrogens is 2. The van der Waals surface area contributed by atoms with Crippen molar-refractivity contribution in [2.75, 3.05) is 34.8 Å². The zero-order valence-electron chi connectivity index (χ0n) is 16.5. The number of nitrogens with one attached hydrogen (secondary N) is 1. The van der Waals surface area contributed by atoms with Crippen molar-refractivity contribution in [2.45, 2.75) is 51.0 Å². The molecule has 1 saturated carbocycles. The SMILES string of the molecule is C1=Cc2cnc(Nc3ccc(N4CCCCC4)cc3)nc2N(C2CCCC2)C1. The van der Waals surface area contributed by atoms with E-state index >= 15 is 0 Å². The third-order valence-electron chi connectivity index (χ3n) is 6.28. The zero-order valence-corrected chi connectivity index (χ0v) is 16.5. The van der Waals surface area contributed by atoms with Crippen molar-refractivity contribution >= 4 is 29.2 Å². The van der Waals surface area contributed by atoms with Crippen LogP contribution in [-0.4, -0.2) is 35.6 Å². The van der Waals surface area contributed by atoms with Gasteiger partial charge in [0, 0.05) is 48.8 Å². The minimum Gasteiger partial charge on any atom is -0.372 e. The molecule has 3 aliphatic rings. The fraction of sp³-hybridized carbons (Fsp3) is 0.478. The van der Waals surface area contributed by atoms with Crippen molar-refractivity contribution in [3.63, 3.8) is 0 Å². The summed E-state index contributed by atoms with van der Waals surface area (Å²) in [4.78, 5) is 14.4. The van der Waals surface area contributed by atoms with E-state index in [0.29, 0.717) is 12.0 Å². The number of hydrogen-bond donors (Lipinski definition) is 1. The van der Waals surface area contributed by atoms with Crippen LogP contribution in [0.1, 0.15) is 50.5 Å². The molecule has 2 aromatic rings. The van der Waals surface area contributed by atoms with Crippen molar-refractivity contribution in [1.29, 1.82) is 0 Å². The first-order chi connectivity index (χ1) is 13.9. The Hall–Kier alpha value is -2.56. The topological polar surface area (TPSA) is 44.3 Å². The van der Waals surface area contributed by atoms with E-state index in [2.05, 4.69) is 56.5 Å². The Bertz CT molecular complexity index is 833. The molecule has 0 spiro atoms. The lowest BCUT2D eigenvalue weighted by Gasteiger charge is -2.32. The van der Waals surface area contributed by atoms with Gasteiger partial charge in [-0.2, -0.15) is 4.98 Å². The van der Waals surface area contributed by atoms with Gasteiger partial charge >= 0.3 is 0 Å². The second-order valence-electron chi connectivity index (χ2n) is 8.19. The van der Waals surface area contributed by atoms with Crippen LogP contribution in [0, 0.1) is 0 Å². The maximum absolute atomic E-state index is 4.89. The highest BCUT2D eigenvalue weighted by molar-refractivity contribution is 5.70. The van der Waals surface area contributed by atoms with Crippen LogP contribution in [0.15, 0.2) is 36.5 Å². The molecule has 1 aromatic heterocycles. The second kappa shape index (κ2) is 7.82. The monoisotopic (exact) mass is 375 g/mol. The number of benzene rings is 1. The molecule has 1 aliphatic carbocycles. The van der Waals surface area contributed by atoms with Gasteiger partial charge in [0.2, 0.25) is 5.95 Å². The van der Waals surface area contributed by atoms with E-state index < -0.39 is 0 Å². The van der Waals surface area contributed by atoms with Crippen LogP contribution in [-0.2, 0) is 0 Å². The lowest BCUT2D eigenvalue weighted by molar-refractivity contribution is 0.578. The average molecular weight is 376 g/mol. The largest absolute Gasteiger partial charge is 0.372 e. The van der Waals surface area contributed by atoms with Gasteiger partial charge < -0.3 is 15.1 Å². The van der Waals surface area contributed by atoms with Crippen LogP contribution in [0.25, 0.3) is 6.08 Å². The van der Waals surface area contributed by atoms with Gasteiger partial charge in [-0.1, -0.05) is 25.0 Å². The Morgan fingerprint density at radius 3 is 2.50 bits per heavy atom. The molecule has 1 saturated heterocycles. The summed E-state index contributed by atoms with van der Waals surface area (Å²) in [5.41, 5.74) is 3.48. The zero-order chi connectivity index (χ0) is 18.8. The van der Waals surface area contributed by atoms with Gasteiger partial charge in [0.1, 0.15) is 5.82 Å². The molecular weight excluding hydrogens is 346 g/mol. The van der Waals surface area contributed by atoms with Gasteiger partial charge in [-0.3, -0.25) is 0 Å². The molecule has 5 nitrogen and oxygen atoms in total. The fourth-order valence-corrected chi connectivity index (χ4v) is 4.74. The predicted molar refractivity (Wildman–Crippen MR) is 116 cm³/mol. The van der Waals surface area contributed by atoms with Crippen LogP contribution in [0.4, 0.5) is 23.1 Å². The summed E-state index contributed by atoms with van der Waals surface area (Å²) in [6, 6.07) is 9.32. The van der Waals surface area contributed by atoms with E-state index in [9.17, 15) is 0 Å². The normalized spacial score (nSPS) is 19.7. The average Bonchev–Trinajstić information content (AvgIpc) is 3.29. The first-order valence-corrected chi connectivity index (χ1v) is 10.8. The summed E-state index contributed by atoms with van der Waals surface area (Å²) in [7, 11) is 0. The van der Waals surface area contributed by atoms with E-state index in [1.165, 1.54) is 63.7 Å². The molecule has 0 bridgehead atoms. The van der Waals surface area contributed by atoms with Crippen molar-refractivity contribution in [3.05, 3.63) is 42.1 Å². The number of anilines is 4. The third kappa shape index (κ3) is 3.58. The smallest absolute Gasteiger partial charge is 0.229 e. The first kappa shape index (κ1) is 17.5. The van der Waals surface area contributed by atoms with Crippen LogP contribution in [0.3, 0.4) is 0 Å². The van der Waals surface area contributed by atoms with E-state index in [4.69, 9.17) is 4.98 Å². The highest BCUT2D eigenvalue weighted by atomic mass is 15.3. The minimum absolute atomic E-state index is 0.621. The summed E-state index contributed by atoms with van der Waals surface area (Å²) in [5.74, 6) is 1.76. The molecule has 0 unspecified atom stereocenters. The Morgan fingerprint density at radius 1 is 0.929 bits per heavy atom. The molecule has 0 amide bonds. The van der Waals surface area contributed by atoms with Crippen molar-refractivity contribution in [1.82, 2.24) is 9.97 Å². The standard InChI is InChI=1S/C23H29N5/c1-4-14-27(15-5-1)20-12-10-19(11-13-20)25-23-24-17-18-7-6-16-28(22(18)26-23)21-8-2-3-9-21/h6-7,10-13,17,21H,1-5,8-9,14-16H2,(H,24,25,26). The van der Waals surface area contributed by atoms with Gasteiger partial charge in [0.25, 0.3) is 0 Å². The van der Waals surface area contributed by atoms with Crippen LogP contribution >= 0.6 is 0 Å². The van der Waals surface area contributed by atoms with Gasteiger partial charge in [-0.25, -0.2) is 4.98 Å². The maximum Gasteiger partial charge on any atom is 0.229 e. The first-order valence-electron chi connectivity index (χ1n) is 10.8. The highest BCUT2D eigenvalue weighted by Crippen LogP contribution is 2.32. The molecule has 2 aliphatic heterocycles. The number of nitrogens with zero attached hydrogens (tertiary/aromatic N) is 4. The van der Waals surface area contributed by atoms with Crippen molar-refractivity contribution in [2.24, 2.45) is 0 Å². The summed E-state index contributed by atoms with van der Waals surface area (Å²) in [6.07, 6.45) is 15.5. The summed E-state index contributed by atoms with van der Waals surface area (Å²) in [6.45, 7) is 3.30. The number of rotatable bonds is 4. The van der Waals surface area contributed by atoms with Gasteiger partial charge in [-0.05, 0) is 56.4 Å². The quantitative estimate of drug-likeness (QED) is 0.816. The lowest BCUT2D eigenvalue weighted by Crippen LogP contribution is -2.36.